The highest BCUT2D eigenvalue weighted by Crippen LogP contribution is 2.31. The largest absolute Gasteiger partial charge is 0.307 e. The number of allylic oxidation sites excluding steroid dienone is 1. The molecule has 0 fully saturated rings. The molecule has 9 heteroatoms. The second-order valence-corrected chi connectivity index (χ2v) is 9.95. The molecule has 0 unspecified atom stereocenters. The van der Waals surface area contributed by atoms with Crippen LogP contribution in [-0.2, 0) is 16.4 Å². The maximum atomic E-state index is 13.9. The zero-order valence-corrected chi connectivity index (χ0v) is 19.0. The Bertz CT molecular complexity index is 1580. The Balaban J connectivity index is 1.98. The van der Waals surface area contributed by atoms with Crippen molar-refractivity contribution in [2.75, 3.05) is 12.0 Å². The summed E-state index contributed by atoms with van der Waals surface area (Å²) in [4.78, 5) is 34.2. The van der Waals surface area contributed by atoms with Gasteiger partial charge in [-0.2, -0.15) is 4.39 Å². The summed E-state index contributed by atoms with van der Waals surface area (Å²) in [7, 11) is -3.37. The van der Waals surface area contributed by atoms with Gasteiger partial charge in [-0.25, -0.2) is 18.4 Å². The van der Waals surface area contributed by atoms with Gasteiger partial charge in [-0.1, -0.05) is 48.5 Å². The van der Waals surface area contributed by atoms with Crippen molar-refractivity contribution < 1.29 is 17.6 Å². The molecule has 0 amide bonds. The van der Waals surface area contributed by atoms with Crippen molar-refractivity contribution in [2.24, 2.45) is 0 Å². The van der Waals surface area contributed by atoms with Gasteiger partial charge < -0.3 is 4.57 Å². The number of benzene rings is 2. The number of rotatable bonds is 7. The molecule has 0 aliphatic heterocycles. The van der Waals surface area contributed by atoms with E-state index in [1.54, 1.807) is 48.5 Å². The maximum absolute atomic E-state index is 13.9. The monoisotopic (exact) mass is 477 g/mol. The first kappa shape index (κ1) is 23.2. The summed E-state index contributed by atoms with van der Waals surface area (Å²) >= 11 is 0. The van der Waals surface area contributed by atoms with Gasteiger partial charge >= 0.3 is 0 Å². The Hall–Kier alpha value is -3.98. The zero-order chi connectivity index (χ0) is 24.3. The molecule has 0 saturated carbocycles. The number of halogens is 1. The van der Waals surface area contributed by atoms with Gasteiger partial charge in [0.2, 0.25) is 5.95 Å². The highest BCUT2D eigenvalue weighted by atomic mass is 32.2. The lowest BCUT2D eigenvalue weighted by Crippen LogP contribution is -2.29. The van der Waals surface area contributed by atoms with E-state index in [9.17, 15) is 22.4 Å². The molecule has 0 radical (unpaired) electrons. The number of carbonyl (C=O) groups is 1. The number of hydrogen-bond donors (Lipinski definition) is 0. The van der Waals surface area contributed by atoms with Crippen molar-refractivity contribution in [2.45, 2.75) is 6.54 Å². The van der Waals surface area contributed by atoms with Gasteiger partial charge in [0, 0.05) is 35.5 Å². The van der Waals surface area contributed by atoms with Crippen LogP contribution in [-0.4, -0.2) is 40.7 Å². The fourth-order valence-electron chi connectivity index (χ4n) is 3.70. The summed E-state index contributed by atoms with van der Waals surface area (Å²) in [5, 5.41) is 0.618. The lowest BCUT2D eigenvalue weighted by atomic mass is 9.93. The third-order valence-corrected chi connectivity index (χ3v) is 6.20. The predicted molar refractivity (Wildman–Crippen MR) is 129 cm³/mol. The second kappa shape index (κ2) is 9.48. The van der Waals surface area contributed by atoms with Gasteiger partial charge in [0.05, 0.1) is 16.8 Å². The zero-order valence-electron chi connectivity index (χ0n) is 18.2. The smallest absolute Gasteiger partial charge is 0.262 e. The number of aromatic nitrogens is 3. The Kier molecular flexibility index (Phi) is 6.47. The number of ketones is 1. The Morgan fingerprint density at radius 1 is 1.09 bits per heavy atom. The summed E-state index contributed by atoms with van der Waals surface area (Å²) in [6.45, 7) is -0.113. The normalized spacial score (nSPS) is 11.8. The average molecular weight is 478 g/mol. The van der Waals surface area contributed by atoms with Crippen LogP contribution in [0.1, 0.15) is 15.9 Å². The standard InChI is InChI=1S/C25H20FN3O4S/c1-34(32,33)14-13-29-20-10-6-5-9-19(20)22(17-7-3-2-4-8-17)23(25(29)31)21(30)12-11-18-15-27-16-28-24(18)26/h2-12,15-16H,13-14H2,1H3/b12-11+. The molecule has 0 saturated heterocycles. The first-order valence-corrected chi connectivity index (χ1v) is 12.4. The Morgan fingerprint density at radius 2 is 1.79 bits per heavy atom. The van der Waals surface area contributed by atoms with Crippen LogP contribution in [0.5, 0.6) is 0 Å². The van der Waals surface area contributed by atoms with Gasteiger partial charge in [0.1, 0.15) is 16.2 Å². The lowest BCUT2D eigenvalue weighted by Gasteiger charge is -2.17. The van der Waals surface area contributed by atoms with Crippen LogP contribution < -0.4 is 5.56 Å². The third-order valence-electron chi connectivity index (χ3n) is 5.27. The minimum absolute atomic E-state index is 0.00435. The molecule has 0 aliphatic carbocycles. The van der Waals surface area contributed by atoms with Gasteiger partial charge in [-0.15, -0.1) is 0 Å². The summed E-state index contributed by atoms with van der Waals surface area (Å²) in [5.74, 6) is -1.71. The van der Waals surface area contributed by atoms with E-state index in [4.69, 9.17) is 0 Å². The Morgan fingerprint density at radius 3 is 2.50 bits per heavy atom. The average Bonchev–Trinajstić information content (AvgIpc) is 2.82. The fourth-order valence-corrected chi connectivity index (χ4v) is 4.22. The summed E-state index contributed by atoms with van der Waals surface area (Å²) in [5.41, 5.74) is 0.828. The number of para-hydroxylation sites is 1. The first-order chi connectivity index (χ1) is 16.3. The number of carbonyl (C=O) groups excluding carboxylic acids is 1. The van der Waals surface area contributed by atoms with Crippen LogP contribution in [0.25, 0.3) is 28.1 Å². The van der Waals surface area contributed by atoms with E-state index in [-0.39, 0.29) is 23.4 Å². The van der Waals surface area contributed by atoms with Crippen LogP contribution in [0.2, 0.25) is 0 Å². The van der Waals surface area contributed by atoms with Gasteiger partial charge in [-0.05, 0) is 23.8 Å². The van der Waals surface area contributed by atoms with Crippen molar-refractivity contribution in [3.63, 3.8) is 0 Å². The number of nitrogens with zero attached hydrogens (tertiary/aromatic N) is 3. The number of aryl methyl sites for hydroxylation is 1. The van der Waals surface area contributed by atoms with E-state index >= 15 is 0 Å². The van der Waals surface area contributed by atoms with Crippen molar-refractivity contribution in [3.05, 3.63) is 101 Å². The molecule has 7 nitrogen and oxygen atoms in total. The van der Waals surface area contributed by atoms with Crippen LogP contribution in [0.3, 0.4) is 0 Å². The molecule has 0 atom stereocenters. The number of pyridine rings is 1. The summed E-state index contributed by atoms with van der Waals surface area (Å²) in [6, 6.07) is 16.0. The van der Waals surface area contributed by atoms with E-state index in [2.05, 4.69) is 9.97 Å². The molecular formula is C25H20FN3O4S. The molecule has 0 spiro atoms. The first-order valence-electron chi connectivity index (χ1n) is 10.3. The van der Waals surface area contributed by atoms with E-state index in [0.717, 1.165) is 18.7 Å². The van der Waals surface area contributed by atoms with Crippen LogP contribution in [0, 0.1) is 5.95 Å². The van der Waals surface area contributed by atoms with E-state index in [1.165, 1.54) is 16.8 Å². The number of hydrogen-bond acceptors (Lipinski definition) is 6. The van der Waals surface area contributed by atoms with Crippen molar-refractivity contribution in [1.82, 2.24) is 14.5 Å². The van der Waals surface area contributed by atoms with E-state index < -0.39 is 27.1 Å². The molecule has 0 bridgehead atoms. The van der Waals surface area contributed by atoms with Crippen molar-refractivity contribution in [1.29, 1.82) is 0 Å². The van der Waals surface area contributed by atoms with Gasteiger partial charge in [0.15, 0.2) is 5.78 Å². The number of sulfone groups is 1. The molecule has 2 aromatic heterocycles. The van der Waals surface area contributed by atoms with E-state index in [0.29, 0.717) is 22.0 Å². The van der Waals surface area contributed by atoms with Crippen LogP contribution in [0.4, 0.5) is 4.39 Å². The minimum atomic E-state index is -3.37. The molecular weight excluding hydrogens is 457 g/mol. The predicted octanol–water partition coefficient (Wildman–Crippen LogP) is 3.54. The molecule has 2 aromatic carbocycles. The lowest BCUT2D eigenvalue weighted by molar-refractivity contribution is 0.104. The van der Waals surface area contributed by atoms with Crippen molar-refractivity contribution >= 4 is 32.6 Å². The van der Waals surface area contributed by atoms with Crippen molar-refractivity contribution in [3.8, 4) is 11.1 Å². The highest BCUT2D eigenvalue weighted by Gasteiger charge is 2.22. The topological polar surface area (TPSA) is 99.0 Å². The fraction of sp³-hybridized carbons (Fsp3) is 0.120. The second-order valence-electron chi connectivity index (χ2n) is 7.69. The van der Waals surface area contributed by atoms with Gasteiger partial charge in [-0.3, -0.25) is 9.59 Å². The maximum Gasteiger partial charge on any atom is 0.262 e. The highest BCUT2D eigenvalue weighted by molar-refractivity contribution is 7.90. The molecule has 2 heterocycles. The molecule has 4 aromatic rings. The SMILES string of the molecule is CS(=O)(=O)CCn1c(=O)c(C(=O)/C=C/c2cncnc2F)c(-c2ccccc2)c2ccccc21. The summed E-state index contributed by atoms with van der Waals surface area (Å²) in [6.07, 6.45) is 5.66. The third kappa shape index (κ3) is 4.84. The van der Waals surface area contributed by atoms with Crippen LogP contribution >= 0.6 is 0 Å². The van der Waals surface area contributed by atoms with Crippen LogP contribution in [0.15, 0.2) is 78.0 Å². The van der Waals surface area contributed by atoms with Gasteiger partial charge in [0.25, 0.3) is 5.56 Å². The Labute approximate surface area is 195 Å². The molecule has 172 valence electrons. The molecule has 34 heavy (non-hydrogen) atoms. The minimum Gasteiger partial charge on any atom is -0.307 e. The molecule has 0 aliphatic rings. The number of fused-ring (bicyclic) bond motifs is 1. The molecule has 4 rings (SSSR count). The van der Waals surface area contributed by atoms with E-state index in [1.807, 2.05) is 6.07 Å². The quantitative estimate of drug-likeness (QED) is 0.229. The summed E-state index contributed by atoms with van der Waals surface area (Å²) < 4.78 is 38.8. The molecule has 0 N–H and O–H groups in total.